The maximum absolute atomic E-state index is 13.4. The highest BCUT2D eigenvalue weighted by Gasteiger charge is 2.33. The van der Waals surface area contributed by atoms with Crippen molar-refractivity contribution < 1.29 is 14.3 Å². The van der Waals surface area contributed by atoms with Gasteiger partial charge < -0.3 is 14.8 Å². The molecule has 0 aliphatic carbocycles. The zero-order valence-corrected chi connectivity index (χ0v) is 20.7. The van der Waals surface area contributed by atoms with Gasteiger partial charge in [0.25, 0.3) is 5.56 Å². The van der Waals surface area contributed by atoms with Crippen LogP contribution in [0.2, 0.25) is 0 Å². The van der Waals surface area contributed by atoms with E-state index < -0.39 is 0 Å². The molecule has 1 aromatic heterocycles. The Bertz CT molecular complexity index is 1300. The number of hydrogen-bond donors (Lipinski definition) is 1. The van der Waals surface area contributed by atoms with Crippen LogP contribution in [0.5, 0.6) is 0 Å². The fourth-order valence-electron chi connectivity index (χ4n) is 4.95. The molecule has 3 heterocycles. The van der Waals surface area contributed by atoms with Crippen LogP contribution >= 0.6 is 0 Å². The van der Waals surface area contributed by atoms with E-state index in [9.17, 15) is 9.59 Å². The first-order chi connectivity index (χ1) is 16.8. The molecule has 2 fully saturated rings. The first-order valence-corrected chi connectivity index (χ1v) is 12.4. The van der Waals surface area contributed by atoms with Gasteiger partial charge in [-0.15, -0.1) is 0 Å². The Kier molecular flexibility index (Phi) is 6.57. The van der Waals surface area contributed by atoms with Gasteiger partial charge in [-0.05, 0) is 68.4 Å². The Labute approximate surface area is 205 Å². The third-order valence-electron chi connectivity index (χ3n) is 7.52. The van der Waals surface area contributed by atoms with Crippen molar-refractivity contribution in [2.45, 2.75) is 51.6 Å². The molecule has 2 aliphatic rings. The molecule has 3 aromatic rings. The standard InChI is InChI=1S/C28H33N3O4/c1-18-19(2)26-24(27(33)31(17-29-26)23-8-10-34-11-9-23)13-22(18)12-20-4-6-21(7-5-20)25(32)14-30-28(3)15-35-16-28/h4-7,13,17,23,30H,8-12,14-16H2,1-3H3. The van der Waals surface area contributed by atoms with E-state index in [1.807, 2.05) is 37.3 Å². The molecule has 35 heavy (non-hydrogen) atoms. The minimum absolute atomic E-state index is 0.0188. The molecule has 2 aromatic carbocycles. The smallest absolute Gasteiger partial charge is 0.261 e. The lowest BCUT2D eigenvalue weighted by Gasteiger charge is -2.38. The lowest BCUT2D eigenvalue weighted by molar-refractivity contribution is -0.0626. The summed E-state index contributed by atoms with van der Waals surface area (Å²) in [6, 6.07) is 9.93. The summed E-state index contributed by atoms with van der Waals surface area (Å²) in [5, 5.41) is 3.96. The minimum Gasteiger partial charge on any atom is -0.381 e. The SMILES string of the molecule is Cc1c(Cc2ccc(C(=O)CNC3(C)COC3)cc2)cc2c(=O)n(C3CCOCC3)cnc2c1C. The van der Waals surface area contributed by atoms with E-state index >= 15 is 0 Å². The molecule has 0 amide bonds. The highest BCUT2D eigenvalue weighted by molar-refractivity contribution is 5.97. The van der Waals surface area contributed by atoms with Gasteiger partial charge >= 0.3 is 0 Å². The van der Waals surface area contributed by atoms with Gasteiger partial charge in [-0.25, -0.2) is 4.98 Å². The van der Waals surface area contributed by atoms with Crippen molar-refractivity contribution in [2.24, 2.45) is 0 Å². The fourth-order valence-corrected chi connectivity index (χ4v) is 4.95. The van der Waals surface area contributed by atoms with E-state index in [1.54, 1.807) is 10.9 Å². The number of carbonyl (C=O) groups excluding carboxylic acids is 1. The van der Waals surface area contributed by atoms with Crippen molar-refractivity contribution >= 4 is 16.7 Å². The number of aromatic nitrogens is 2. The van der Waals surface area contributed by atoms with Gasteiger partial charge in [0, 0.05) is 24.8 Å². The molecule has 0 radical (unpaired) electrons. The van der Waals surface area contributed by atoms with E-state index in [2.05, 4.69) is 24.1 Å². The summed E-state index contributed by atoms with van der Waals surface area (Å²) in [6.07, 6.45) is 4.06. The third-order valence-corrected chi connectivity index (χ3v) is 7.52. The predicted octanol–water partition coefficient (Wildman–Crippen LogP) is 3.52. The van der Waals surface area contributed by atoms with E-state index in [1.165, 1.54) is 0 Å². The first-order valence-electron chi connectivity index (χ1n) is 12.4. The Morgan fingerprint density at radius 1 is 1.11 bits per heavy atom. The van der Waals surface area contributed by atoms with Crippen molar-refractivity contribution in [2.75, 3.05) is 33.0 Å². The predicted molar refractivity (Wildman–Crippen MR) is 135 cm³/mol. The molecule has 2 saturated heterocycles. The van der Waals surface area contributed by atoms with Crippen molar-refractivity contribution in [3.63, 3.8) is 0 Å². The molecule has 2 aliphatic heterocycles. The Morgan fingerprint density at radius 2 is 1.83 bits per heavy atom. The molecular weight excluding hydrogens is 442 g/mol. The second-order valence-corrected chi connectivity index (χ2v) is 10.2. The lowest BCUT2D eigenvalue weighted by atomic mass is 9.94. The Balaban J connectivity index is 1.37. The van der Waals surface area contributed by atoms with E-state index in [0.717, 1.165) is 40.6 Å². The average Bonchev–Trinajstić information content (AvgIpc) is 2.86. The van der Waals surface area contributed by atoms with E-state index in [4.69, 9.17) is 9.47 Å². The van der Waals surface area contributed by atoms with Crippen LogP contribution in [0.4, 0.5) is 0 Å². The molecule has 0 spiro atoms. The largest absolute Gasteiger partial charge is 0.381 e. The number of ketones is 1. The number of benzene rings is 2. The van der Waals surface area contributed by atoms with Crippen LogP contribution in [0.1, 0.15) is 58.4 Å². The van der Waals surface area contributed by atoms with E-state index in [-0.39, 0.29) is 22.9 Å². The van der Waals surface area contributed by atoms with Crippen molar-refractivity contribution in [3.05, 3.63) is 74.8 Å². The number of aryl methyl sites for hydroxylation is 1. The second-order valence-electron chi connectivity index (χ2n) is 10.2. The molecule has 5 rings (SSSR count). The van der Waals surface area contributed by atoms with Crippen LogP contribution in [0.15, 0.2) is 41.5 Å². The number of fused-ring (bicyclic) bond motifs is 1. The average molecular weight is 476 g/mol. The van der Waals surface area contributed by atoms with Crippen molar-refractivity contribution in [3.8, 4) is 0 Å². The van der Waals surface area contributed by atoms with Gasteiger partial charge in [-0.1, -0.05) is 24.3 Å². The van der Waals surface area contributed by atoms with Crippen LogP contribution in [-0.4, -0.2) is 53.8 Å². The minimum atomic E-state index is -0.0980. The first kappa shape index (κ1) is 23.9. The molecule has 1 N–H and O–H groups in total. The number of ether oxygens (including phenoxy) is 2. The zero-order chi connectivity index (χ0) is 24.6. The van der Waals surface area contributed by atoms with Gasteiger partial charge in [0.1, 0.15) is 0 Å². The molecule has 7 nitrogen and oxygen atoms in total. The fraction of sp³-hybridized carbons (Fsp3) is 0.464. The van der Waals surface area contributed by atoms with Crippen LogP contribution < -0.4 is 10.9 Å². The number of carbonyl (C=O) groups is 1. The summed E-state index contributed by atoms with van der Waals surface area (Å²) in [7, 11) is 0. The lowest BCUT2D eigenvalue weighted by Crippen LogP contribution is -2.59. The highest BCUT2D eigenvalue weighted by atomic mass is 16.5. The van der Waals surface area contributed by atoms with Crippen LogP contribution in [0, 0.1) is 13.8 Å². The quantitative estimate of drug-likeness (QED) is 0.527. The monoisotopic (exact) mass is 475 g/mol. The maximum atomic E-state index is 13.4. The zero-order valence-electron chi connectivity index (χ0n) is 20.7. The summed E-state index contributed by atoms with van der Waals surface area (Å²) in [6.45, 7) is 9.12. The van der Waals surface area contributed by atoms with E-state index in [0.29, 0.717) is 50.3 Å². The van der Waals surface area contributed by atoms with Crippen molar-refractivity contribution in [1.82, 2.24) is 14.9 Å². The molecule has 0 atom stereocenters. The number of Topliss-reactive ketones (excluding diaryl/α,β-unsaturated/α-hetero) is 1. The highest BCUT2D eigenvalue weighted by Crippen LogP contribution is 2.26. The van der Waals surface area contributed by atoms with Crippen LogP contribution in [0.3, 0.4) is 0 Å². The molecule has 0 saturated carbocycles. The summed E-state index contributed by atoms with van der Waals surface area (Å²) in [5.41, 5.74) is 5.79. The maximum Gasteiger partial charge on any atom is 0.261 e. The van der Waals surface area contributed by atoms with Crippen LogP contribution in [-0.2, 0) is 15.9 Å². The molecule has 7 heteroatoms. The van der Waals surface area contributed by atoms with Crippen molar-refractivity contribution in [1.29, 1.82) is 0 Å². The molecule has 184 valence electrons. The molecule has 0 bridgehead atoms. The third kappa shape index (κ3) is 4.81. The Morgan fingerprint density at radius 3 is 2.49 bits per heavy atom. The number of hydrogen-bond acceptors (Lipinski definition) is 6. The Hall–Kier alpha value is -2.87. The van der Waals surface area contributed by atoms with Gasteiger partial charge in [0.05, 0.1) is 42.5 Å². The second kappa shape index (κ2) is 9.64. The number of rotatable bonds is 7. The number of nitrogens with one attached hydrogen (secondary N) is 1. The van der Waals surface area contributed by atoms with Gasteiger partial charge in [-0.3, -0.25) is 14.2 Å². The summed E-state index contributed by atoms with van der Waals surface area (Å²) in [4.78, 5) is 30.7. The van der Waals surface area contributed by atoms with Crippen LogP contribution in [0.25, 0.3) is 10.9 Å². The normalized spacial score (nSPS) is 17.9. The summed E-state index contributed by atoms with van der Waals surface area (Å²) in [5.74, 6) is 0.0714. The van der Waals surface area contributed by atoms with Gasteiger partial charge in [-0.2, -0.15) is 0 Å². The summed E-state index contributed by atoms with van der Waals surface area (Å²) < 4.78 is 12.5. The topological polar surface area (TPSA) is 82.5 Å². The summed E-state index contributed by atoms with van der Waals surface area (Å²) >= 11 is 0. The molecule has 0 unspecified atom stereocenters. The van der Waals surface area contributed by atoms with Gasteiger partial charge in [0.15, 0.2) is 5.78 Å². The molecular formula is C28H33N3O4. The number of nitrogens with zero attached hydrogens (tertiary/aromatic N) is 2. The van der Waals surface area contributed by atoms with Gasteiger partial charge in [0.2, 0.25) is 0 Å².